The second-order valence-corrected chi connectivity index (χ2v) is 7.88. The van der Waals surface area contributed by atoms with Crippen molar-refractivity contribution in [3.05, 3.63) is 36.0 Å². The van der Waals surface area contributed by atoms with Crippen molar-refractivity contribution in [1.29, 1.82) is 0 Å². The summed E-state index contributed by atoms with van der Waals surface area (Å²) < 4.78 is 11.3. The zero-order valence-electron chi connectivity index (χ0n) is 16.6. The normalized spacial score (nSPS) is 27.4. The van der Waals surface area contributed by atoms with Crippen molar-refractivity contribution in [1.82, 2.24) is 9.88 Å². The Labute approximate surface area is 164 Å². The molecule has 28 heavy (non-hydrogen) atoms. The minimum absolute atomic E-state index is 0.0649. The van der Waals surface area contributed by atoms with Gasteiger partial charge in [0.2, 0.25) is 0 Å². The van der Waals surface area contributed by atoms with Crippen LogP contribution in [0.2, 0.25) is 0 Å². The number of aromatic nitrogens is 1. The second kappa shape index (κ2) is 7.51. The number of pyridine rings is 1. The Morgan fingerprint density at radius 3 is 2.71 bits per heavy atom. The molecule has 3 fully saturated rings. The molecule has 4 heterocycles. The Morgan fingerprint density at radius 2 is 2.07 bits per heavy atom. The van der Waals surface area contributed by atoms with E-state index in [-0.39, 0.29) is 23.7 Å². The van der Waals surface area contributed by atoms with E-state index in [0.717, 1.165) is 48.1 Å². The molecule has 5 rings (SSSR count). The number of ketones is 1. The zero-order chi connectivity index (χ0) is 19.8. The number of methoxy groups -OCH3 is 1. The molecule has 3 aliphatic rings. The smallest absolute Gasteiger partial charge is 0.303 e. The van der Waals surface area contributed by atoms with E-state index < -0.39 is 6.10 Å². The van der Waals surface area contributed by atoms with Gasteiger partial charge in [-0.3, -0.25) is 19.5 Å². The zero-order valence-corrected chi connectivity index (χ0v) is 16.6. The van der Waals surface area contributed by atoms with Crippen molar-refractivity contribution in [3.8, 4) is 5.75 Å². The molecular formula is C22H26N2O4. The average Bonchev–Trinajstić information content (AvgIpc) is 2.71. The van der Waals surface area contributed by atoms with Crippen LogP contribution in [0.1, 0.15) is 38.4 Å². The molecule has 3 saturated heterocycles. The summed E-state index contributed by atoms with van der Waals surface area (Å²) in [7, 11) is 1.63. The third-order valence-electron chi connectivity index (χ3n) is 6.25. The molecule has 3 aliphatic heterocycles. The lowest BCUT2D eigenvalue weighted by Gasteiger charge is -2.51. The highest BCUT2D eigenvalue weighted by molar-refractivity contribution is 5.84. The standard InChI is InChI=1S/C22H26N2O4/c1-13(25)19-12-24-9-7-15(19)10-21(24)22(28-14(2)26)17-6-8-23-20-5-4-16(27-3)11-18(17)20/h4-6,8,11,15,19,21-22H,7,9-10,12H2,1-3H3/t15-,19-,21-,22+/m0/s1. The number of fused-ring (bicyclic) bond motifs is 4. The number of piperidine rings is 3. The molecule has 5 atom stereocenters. The predicted octanol–water partition coefficient (Wildman–Crippen LogP) is 3.15. The summed E-state index contributed by atoms with van der Waals surface area (Å²) in [5.74, 6) is 1.15. The second-order valence-electron chi connectivity index (χ2n) is 7.88. The highest BCUT2D eigenvalue weighted by Crippen LogP contribution is 2.43. The van der Waals surface area contributed by atoms with Crippen LogP contribution in [0.3, 0.4) is 0 Å². The highest BCUT2D eigenvalue weighted by atomic mass is 16.5. The first-order chi connectivity index (χ1) is 13.5. The monoisotopic (exact) mass is 382 g/mol. The number of benzene rings is 1. The lowest BCUT2D eigenvalue weighted by molar-refractivity contribution is -0.157. The molecule has 148 valence electrons. The van der Waals surface area contributed by atoms with Crippen LogP contribution in [0.4, 0.5) is 0 Å². The summed E-state index contributed by atoms with van der Waals surface area (Å²) in [5.41, 5.74) is 1.78. The minimum Gasteiger partial charge on any atom is -0.497 e. The molecule has 0 amide bonds. The molecule has 0 aliphatic carbocycles. The summed E-state index contributed by atoms with van der Waals surface area (Å²) in [6.07, 6.45) is 3.25. The van der Waals surface area contributed by atoms with E-state index in [4.69, 9.17) is 9.47 Å². The summed E-state index contributed by atoms with van der Waals surface area (Å²) in [6.45, 7) is 4.82. The van der Waals surface area contributed by atoms with E-state index in [1.807, 2.05) is 24.3 Å². The summed E-state index contributed by atoms with van der Waals surface area (Å²) in [5, 5.41) is 0.930. The molecule has 2 bridgehead atoms. The van der Waals surface area contributed by atoms with Gasteiger partial charge in [-0.05, 0) is 56.5 Å². The molecule has 0 N–H and O–H groups in total. The van der Waals surface area contributed by atoms with Gasteiger partial charge in [-0.1, -0.05) is 0 Å². The number of rotatable bonds is 5. The van der Waals surface area contributed by atoms with Crippen molar-refractivity contribution in [3.63, 3.8) is 0 Å². The molecule has 6 heteroatoms. The number of Topliss-reactive ketones (excluding diaryl/α,β-unsaturated/α-hetero) is 1. The van der Waals surface area contributed by atoms with Crippen LogP contribution < -0.4 is 4.74 Å². The number of nitrogens with zero attached hydrogens (tertiary/aromatic N) is 2. The number of esters is 1. The summed E-state index contributed by atoms with van der Waals surface area (Å²) >= 11 is 0. The van der Waals surface area contributed by atoms with Crippen molar-refractivity contribution in [2.45, 2.75) is 38.8 Å². The fourth-order valence-electron chi connectivity index (χ4n) is 4.89. The number of ether oxygens (including phenoxy) is 2. The molecular weight excluding hydrogens is 356 g/mol. The topological polar surface area (TPSA) is 68.7 Å². The van der Waals surface area contributed by atoms with Gasteiger partial charge in [0.1, 0.15) is 17.6 Å². The van der Waals surface area contributed by atoms with Crippen molar-refractivity contribution in [2.75, 3.05) is 20.2 Å². The molecule has 1 aromatic carbocycles. The summed E-state index contributed by atoms with van der Waals surface area (Å²) in [6, 6.07) is 7.74. The van der Waals surface area contributed by atoms with E-state index in [1.54, 1.807) is 20.2 Å². The Kier molecular flexibility index (Phi) is 5.06. The van der Waals surface area contributed by atoms with Crippen LogP contribution in [0, 0.1) is 11.8 Å². The third-order valence-corrected chi connectivity index (χ3v) is 6.25. The van der Waals surface area contributed by atoms with Gasteiger partial charge >= 0.3 is 5.97 Å². The minimum atomic E-state index is -0.397. The van der Waals surface area contributed by atoms with Crippen LogP contribution in [0.25, 0.3) is 10.9 Å². The van der Waals surface area contributed by atoms with Crippen LogP contribution in [-0.4, -0.2) is 47.9 Å². The van der Waals surface area contributed by atoms with E-state index >= 15 is 0 Å². The first-order valence-electron chi connectivity index (χ1n) is 9.82. The first-order valence-corrected chi connectivity index (χ1v) is 9.82. The Morgan fingerprint density at radius 1 is 1.25 bits per heavy atom. The average molecular weight is 382 g/mol. The van der Waals surface area contributed by atoms with Gasteiger partial charge in [-0.15, -0.1) is 0 Å². The van der Waals surface area contributed by atoms with Crippen LogP contribution in [0.15, 0.2) is 30.5 Å². The quantitative estimate of drug-likeness (QED) is 0.740. The number of carbonyl (C=O) groups excluding carboxylic acids is 2. The molecule has 6 nitrogen and oxygen atoms in total. The van der Waals surface area contributed by atoms with Crippen molar-refractivity contribution in [2.24, 2.45) is 11.8 Å². The van der Waals surface area contributed by atoms with Gasteiger partial charge in [-0.25, -0.2) is 0 Å². The molecule has 0 saturated carbocycles. The molecule has 1 aromatic heterocycles. The fraction of sp³-hybridized carbons (Fsp3) is 0.500. The highest BCUT2D eigenvalue weighted by Gasteiger charge is 2.46. The first kappa shape index (κ1) is 18.9. The maximum Gasteiger partial charge on any atom is 0.303 e. The molecule has 0 spiro atoms. The van der Waals surface area contributed by atoms with Gasteiger partial charge in [0.15, 0.2) is 0 Å². The fourth-order valence-corrected chi connectivity index (χ4v) is 4.89. The van der Waals surface area contributed by atoms with E-state index in [9.17, 15) is 9.59 Å². The maximum absolute atomic E-state index is 12.0. The van der Waals surface area contributed by atoms with Gasteiger partial charge in [0.25, 0.3) is 0 Å². The Bertz CT molecular complexity index is 913. The van der Waals surface area contributed by atoms with Crippen LogP contribution in [-0.2, 0) is 14.3 Å². The van der Waals surface area contributed by atoms with Crippen molar-refractivity contribution >= 4 is 22.7 Å². The SMILES string of the molecule is COc1ccc2nccc([C@@H](OC(C)=O)[C@@H]3C[C@@H]4CCN3C[C@H]4C(C)=O)c2c1. The van der Waals surface area contributed by atoms with Gasteiger partial charge in [0.05, 0.1) is 18.7 Å². The van der Waals surface area contributed by atoms with Gasteiger partial charge in [0, 0.05) is 36.5 Å². The van der Waals surface area contributed by atoms with Gasteiger partial charge in [-0.2, -0.15) is 0 Å². The maximum atomic E-state index is 12.0. The molecule has 0 radical (unpaired) electrons. The lowest BCUT2D eigenvalue weighted by atomic mass is 9.72. The lowest BCUT2D eigenvalue weighted by Crippen LogP contribution is -2.57. The Hall–Kier alpha value is -2.47. The number of hydrogen-bond acceptors (Lipinski definition) is 6. The van der Waals surface area contributed by atoms with E-state index in [0.29, 0.717) is 5.92 Å². The van der Waals surface area contributed by atoms with Crippen molar-refractivity contribution < 1.29 is 19.1 Å². The van der Waals surface area contributed by atoms with E-state index in [1.165, 1.54) is 6.92 Å². The predicted molar refractivity (Wildman–Crippen MR) is 105 cm³/mol. The largest absolute Gasteiger partial charge is 0.497 e. The summed E-state index contributed by atoms with van der Waals surface area (Å²) in [4.78, 5) is 30.8. The molecule has 2 aromatic rings. The molecule has 1 unspecified atom stereocenters. The Balaban J connectivity index is 1.75. The van der Waals surface area contributed by atoms with Crippen LogP contribution >= 0.6 is 0 Å². The van der Waals surface area contributed by atoms with Gasteiger partial charge < -0.3 is 9.47 Å². The van der Waals surface area contributed by atoms with E-state index in [2.05, 4.69) is 9.88 Å². The number of carbonyl (C=O) groups is 2. The number of hydrogen-bond donors (Lipinski definition) is 0. The van der Waals surface area contributed by atoms with Crippen LogP contribution in [0.5, 0.6) is 5.75 Å². The third kappa shape index (κ3) is 3.37.